The lowest BCUT2D eigenvalue weighted by Gasteiger charge is -2.21. The van der Waals surface area contributed by atoms with Gasteiger partial charge in [-0.25, -0.2) is 8.78 Å². The minimum absolute atomic E-state index is 0.0585. The normalized spacial score (nSPS) is 13.5. The summed E-state index contributed by atoms with van der Waals surface area (Å²) in [6, 6.07) is 13.4. The number of nitrogens with one attached hydrogen (secondary N) is 1. The van der Waals surface area contributed by atoms with Crippen molar-refractivity contribution in [2.24, 2.45) is 0 Å². The Hall–Kier alpha value is -2.26. The van der Waals surface area contributed by atoms with Crippen LogP contribution in [0.3, 0.4) is 0 Å². The minimum Gasteiger partial charge on any atom is -0.310 e. The first kappa shape index (κ1) is 20.1. The molecule has 0 aliphatic rings. The maximum Gasteiger partial charge on any atom is 0.123 e. The molecule has 0 heterocycles. The molecule has 0 aliphatic heterocycles. The standard InChI is InChI=1S/C23H27F2N/c1-4-8-18(5-2)17(3)26-14-13-23(19-9-6-11-21(24)15-19)20-10-7-12-22(25)16-20/h4-12,15-17,23,26H,13-14H2,1-3H3/b8-4-,18-5+. The van der Waals surface area contributed by atoms with Gasteiger partial charge in [0.1, 0.15) is 11.6 Å². The Kier molecular flexibility index (Phi) is 7.73. The summed E-state index contributed by atoms with van der Waals surface area (Å²) in [5.74, 6) is -0.596. The lowest BCUT2D eigenvalue weighted by atomic mass is 9.88. The molecule has 138 valence electrons. The summed E-state index contributed by atoms with van der Waals surface area (Å²) in [5.41, 5.74) is 2.95. The fraction of sp³-hybridized carbons (Fsp3) is 0.304. The molecule has 0 aliphatic carbocycles. The second-order valence-corrected chi connectivity index (χ2v) is 6.42. The van der Waals surface area contributed by atoms with Crippen LogP contribution in [-0.4, -0.2) is 12.6 Å². The van der Waals surface area contributed by atoms with Crippen LogP contribution in [-0.2, 0) is 0 Å². The fourth-order valence-electron chi connectivity index (χ4n) is 3.22. The maximum atomic E-state index is 13.7. The Bertz CT molecular complexity index is 719. The van der Waals surface area contributed by atoms with Crippen LogP contribution in [0, 0.1) is 11.6 Å². The first-order valence-corrected chi connectivity index (χ1v) is 9.08. The van der Waals surface area contributed by atoms with Crippen molar-refractivity contribution in [2.75, 3.05) is 6.54 Å². The summed E-state index contributed by atoms with van der Waals surface area (Å²) >= 11 is 0. The first-order chi connectivity index (χ1) is 12.5. The van der Waals surface area contributed by atoms with Gasteiger partial charge < -0.3 is 5.32 Å². The van der Waals surface area contributed by atoms with Crippen LogP contribution in [0.5, 0.6) is 0 Å². The Balaban J connectivity index is 2.15. The van der Waals surface area contributed by atoms with Crippen molar-refractivity contribution >= 4 is 0 Å². The zero-order chi connectivity index (χ0) is 18.9. The average Bonchev–Trinajstić information content (AvgIpc) is 2.63. The van der Waals surface area contributed by atoms with Crippen molar-refractivity contribution in [3.05, 3.63) is 95.1 Å². The molecule has 0 fully saturated rings. The molecule has 0 radical (unpaired) electrons. The molecule has 2 rings (SSSR count). The van der Waals surface area contributed by atoms with Gasteiger partial charge in [0.05, 0.1) is 0 Å². The third-order valence-corrected chi connectivity index (χ3v) is 4.58. The molecule has 1 N–H and O–H groups in total. The van der Waals surface area contributed by atoms with Crippen LogP contribution in [0.2, 0.25) is 0 Å². The summed E-state index contributed by atoms with van der Waals surface area (Å²) < 4.78 is 27.4. The molecule has 0 bridgehead atoms. The van der Waals surface area contributed by atoms with Crippen molar-refractivity contribution in [2.45, 2.75) is 39.2 Å². The van der Waals surface area contributed by atoms with E-state index in [1.807, 2.05) is 32.1 Å². The number of hydrogen-bond acceptors (Lipinski definition) is 1. The highest BCUT2D eigenvalue weighted by Crippen LogP contribution is 2.28. The number of rotatable bonds is 8. The highest BCUT2D eigenvalue weighted by atomic mass is 19.1. The van der Waals surface area contributed by atoms with Crippen LogP contribution in [0.15, 0.2) is 72.3 Å². The lowest BCUT2D eigenvalue weighted by molar-refractivity contribution is 0.562. The summed E-state index contributed by atoms with van der Waals surface area (Å²) in [6.45, 7) is 6.89. The largest absolute Gasteiger partial charge is 0.310 e. The zero-order valence-electron chi connectivity index (χ0n) is 15.7. The highest BCUT2D eigenvalue weighted by molar-refractivity contribution is 5.33. The van der Waals surface area contributed by atoms with E-state index in [1.165, 1.54) is 29.8 Å². The van der Waals surface area contributed by atoms with Gasteiger partial charge in [-0.1, -0.05) is 42.5 Å². The van der Waals surface area contributed by atoms with Gasteiger partial charge in [-0.3, -0.25) is 0 Å². The molecule has 26 heavy (non-hydrogen) atoms. The summed E-state index contributed by atoms with van der Waals surface area (Å²) in [4.78, 5) is 0. The van der Waals surface area contributed by atoms with E-state index in [1.54, 1.807) is 12.1 Å². The molecule has 0 spiro atoms. The van der Waals surface area contributed by atoms with Crippen LogP contribution >= 0.6 is 0 Å². The quantitative estimate of drug-likeness (QED) is 0.574. The topological polar surface area (TPSA) is 12.0 Å². The molecule has 1 nitrogen and oxygen atoms in total. The highest BCUT2D eigenvalue weighted by Gasteiger charge is 2.16. The fourth-order valence-corrected chi connectivity index (χ4v) is 3.22. The van der Waals surface area contributed by atoms with Gasteiger partial charge in [0, 0.05) is 12.0 Å². The van der Waals surface area contributed by atoms with Crippen LogP contribution in [0.1, 0.15) is 44.2 Å². The van der Waals surface area contributed by atoms with E-state index in [0.717, 1.165) is 24.1 Å². The Morgan fingerprint density at radius 1 is 1.00 bits per heavy atom. The maximum absolute atomic E-state index is 13.7. The molecule has 1 atom stereocenters. The van der Waals surface area contributed by atoms with Crippen molar-refractivity contribution in [3.63, 3.8) is 0 Å². The van der Waals surface area contributed by atoms with Gasteiger partial charge >= 0.3 is 0 Å². The van der Waals surface area contributed by atoms with Crippen molar-refractivity contribution in [1.82, 2.24) is 5.32 Å². The van der Waals surface area contributed by atoms with Crippen LogP contribution in [0.25, 0.3) is 0 Å². The molecule has 0 saturated heterocycles. The zero-order valence-corrected chi connectivity index (χ0v) is 15.7. The second kappa shape index (κ2) is 10.0. The van der Waals surface area contributed by atoms with Gasteiger partial charge in [0.15, 0.2) is 0 Å². The molecule has 0 saturated carbocycles. The molecular weight excluding hydrogens is 328 g/mol. The number of halogens is 2. The molecular formula is C23H27F2N. The van der Waals surface area contributed by atoms with E-state index < -0.39 is 0 Å². The van der Waals surface area contributed by atoms with E-state index in [9.17, 15) is 8.78 Å². The predicted octanol–water partition coefficient (Wildman–Crippen LogP) is 5.99. The predicted molar refractivity (Wildman–Crippen MR) is 105 cm³/mol. The summed E-state index contributed by atoms with van der Waals surface area (Å²) in [7, 11) is 0. The molecule has 3 heteroatoms. The molecule has 1 unspecified atom stereocenters. The Morgan fingerprint density at radius 2 is 1.58 bits per heavy atom. The van der Waals surface area contributed by atoms with Crippen molar-refractivity contribution in [1.29, 1.82) is 0 Å². The third-order valence-electron chi connectivity index (χ3n) is 4.58. The average molecular weight is 355 g/mol. The summed E-state index contributed by atoms with van der Waals surface area (Å²) in [5, 5.41) is 3.51. The number of allylic oxidation sites excluding steroid dienone is 2. The van der Waals surface area contributed by atoms with Crippen LogP contribution in [0.4, 0.5) is 8.78 Å². The summed E-state index contributed by atoms with van der Waals surface area (Å²) in [6.07, 6.45) is 6.96. The van der Waals surface area contributed by atoms with Crippen molar-refractivity contribution < 1.29 is 8.78 Å². The van der Waals surface area contributed by atoms with Gasteiger partial charge in [-0.05, 0) is 74.7 Å². The van der Waals surface area contributed by atoms with E-state index in [4.69, 9.17) is 0 Å². The van der Waals surface area contributed by atoms with Gasteiger partial charge in [-0.15, -0.1) is 0 Å². The van der Waals surface area contributed by atoms with E-state index in [2.05, 4.69) is 24.4 Å². The minimum atomic E-state index is -0.269. The molecule has 0 amide bonds. The molecule has 2 aromatic carbocycles. The lowest BCUT2D eigenvalue weighted by Crippen LogP contribution is -2.29. The SMILES string of the molecule is C/C=C\C(=C/C)C(C)NCCC(c1cccc(F)c1)c1cccc(F)c1. The number of benzene rings is 2. The van der Waals surface area contributed by atoms with Crippen LogP contribution < -0.4 is 5.32 Å². The van der Waals surface area contributed by atoms with Gasteiger partial charge in [0.25, 0.3) is 0 Å². The second-order valence-electron chi connectivity index (χ2n) is 6.42. The van der Waals surface area contributed by atoms with Gasteiger partial charge in [0.2, 0.25) is 0 Å². The smallest absolute Gasteiger partial charge is 0.123 e. The number of hydrogen-bond donors (Lipinski definition) is 1. The molecule has 2 aromatic rings. The van der Waals surface area contributed by atoms with Gasteiger partial charge in [-0.2, -0.15) is 0 Å². The van der Waals surface area contributed by atoms with E-state index >= 15 is 0 Å². The van der Waals surface area contributed by atoms with E-state index in [0.29, 0.717) is 0 Å². The van der Waals surface area contributed by atoms with Crippen molar-refractivity contribution in [3.8, 4) is 0 Å². The first-order valence-electron chi connectivity index (χ1n) is 9.08. The Morgan fingerprint density at radius 3 is 2.04 bits per heavy atom. The monoisotopic (exact) mass is 355 g/mol. The molecule has 0 aromatic heterocycles. The van der Waals surface area contributed by atoms with E-state index in [-0.39, 0.29) is 23.6 Å². The Labute approximate surface area is 155 Å². The third kappa shape index (κ3) is 5.63.